The Balaban J connectivity index is 1.35. The summed E-state index contributed by atoms with van der Waals surface area (Å²) >= 11 is 0. The lowest BCUT2D eigenvalue weighted by atomic mass is 10.2. The summed E-state index contributed by atoms with van der Waals surface area (Å²) in [6.07, 6.45) is 3.51. The molecule has 2 aromatic heterocycles. The number of anilines is 3. The predicted molar refractivity (Wildman–Crippen MR) is 114 cm³/mol. The number of ether oxygens (including phenoxy) is 1. The standard InChI is InChI=1S/C22H23N5O2/c1-29-19-6-4-5-17(15-19)22(28)25-18-8-9-21(24-16-18)27-13-11-26(12-14-27)20-7-2-3-10-23-20/h2-10,15-16H,11-14H2,1H3,(H,25,28). The average molecular weight is 389 g/mol. The molecule has 7 nitrogen and oxygen atoms in total. The number of nitrogens with one attached hydrogen (secondary N) is 1. The van der Waals surface area contributed by atoms with Gasteiger partial charge in [0.1, 0.15) is 17.4 Å². The lowest BCUT2D eigenvalue weighted by Crippen LogP contribution is -2.47. The van der Waals surface area contributed by atoms with Crippen molar-refractivity contribution >= 4 is 23.2 Å². The lowest BCUT2D eigenvalue weighted by Gasteiger charge is -2.36. The number of pyridine rings is 2. The first kappa shape index (κ1) is 18.7. The quantitative estimate of drug-likeness (QED) is 0.723. The first-order chi connectivity index (χ1) is 14.2. The molecule has 0 aliphatic carbocycles. The highest BCUT2D eigenvalue weighted by Gasteiger charge is 2.19. The van der Waals surface area contributed by atoms with Gasteiger partial charge in [0.05, 0.1) is 19.0 Å². The number of benzene rings is 1. The molecule has 1 aliphatic heterocycles. The van der Waals surface area contributed by atoms with Crippen molar-refractivity contribution in [1.82, 2.24) is 9.97 Å². The summed E-state index contributed by atoms with van der Waals surface area (Å²) in [5.41, 5.74) is 1.20. The Morgan fingerprint density at radius 1 is 0.931 bits per heavy atom. The third kappa shape index (κ3) is 4.45. The summed E-state index contributed by atoms with van der Waals surface area (Å²) in [7, 11) is 1.58. The van der Waals surface area contributed by atoms with Gasteiger partial charge in [-0.05, 0) is 42.5 Å². The van der Waals surface area contributed by atoms with E-state index in [0.29, 0.717) is 17.0 Å². The van der Waals surface area contributed by atoms with Gasteiger partial charge in [-0.15, -0.1) is 0 Å². The second-order valence-electron chi connectivity index (χ2n) is 6.75. The first-order valence-electron chi connectivity index (χ1n) is 9.55. The Hall–Kier alpha value is -3.61. The molecule has 0 saturated carbocycles. The minimum absolute atomic E-state index is 0.192. The molecule has 1 saturated heterocycles. The largest absolute Gasteiger partial charge is 0.497 e. The first-order valence-corrected chi connectivity index (χ1v) is 9.55. The van der Waals surface area contributed by atoms with E-state index >= 15 is 0 Å². The minimum atomic E-state index is -0.192. The number of nitrogens with zero attached hydrogens (tertiary/aromatic N) is 4. The zero-order chi connectivity index (χ0) is 20.1. The van der Waals surface area contributed by atoms with Gasteiger partial charge >= 0.3 is 0 Å². The maximum absolute atomic E-state index is 12.4. The molecule has 0 bridgehead atoms. The average Bonchev–Trinajstić information content (AvgIpc) is 2.80. The van der Waals surface area contributed by atoms with Crippen molar-refractivity contribution in [3.05, 3.63) is 72.6 Å². The Kier molecular flexibility index (Phi) is 5.56. The number of aromatic nitrogens is 2. The van der Waals surface area contributed by atoms with Gasteiger partial charge in [0.25, 0.3) is 5.91 Å². The van der Waals surface area contributed by atoms with E-state index in [0.717, 1.165) is 37.8 Å². The summed E-state index contributed by atoms with van der Waals surface area (Å²) in [4.78, 5) is 25.9. The summed E-state index contributed by atoms with van der Waals surface area (Å²) in [6, 6.07) is 16.9. The van der Waals surface area contributed by atoms with Gasteiger partial charge in [0.2, 0.25) is 0 Å². The summed E-state index contributed by atoms with van der Waals surface area (Å²) < 4.78 is 5.17. The van der Waals surface area contributed by atoms with Gasteiger partial charge in [-0.2, -0.15) is 0 Å². The normalized spacial score (nSPS) is 13.8. The van der Waals surface area contributed by atoms with Crippen LogP contribution in [0.4, 0.5) is 17.3 Å². The second kappa shape index (κ2) is 8.60. The molecule has 0 radical (unpaired) electrons. The molecule has 3 aromatic rings. The molecular weight excluding hydrogens is 366 g/mol. The van der Waals surface area contributed by atoms with Crippen LogP contribution in [0.25, 0.3) is 0 Å². The molecule has 1 fully saturated rings. The third-order valence-electron chi connectivity index (χ3n) is 4.91. The lowest BCUT2D eigenvalue weighted by molar-refractivity contribution is 0.102. The van der Waals surface area contributed by atoms with Gasteiger partial charge in [0, 0.05) is 37.9 Å². The maximum Gasteiger partial charge on any atom is 0.255 e. The van der Waals surface area contributed by atoms with Crippen LogP contribution in [0.5, 0.6) is 5.75 Å². The monoisotopic (exact) mass is 389 g/mol. The van der Waals surface area contributed by atoms with Crippen molar-refractivity contribution < 1.29 is 9.53 Å². The molecule has 0 unspecified atom stereocenters. The van der Waals surface area contributed by atoms with Crippen LogP contribution in [0.3, 0.4) is 0 Å². The van der Waals surface area contributed by atoms with Crippen LogP contribution < -0.4 is 19.9 Å². The molecule has 3 heterocycles. The van der Waals surface area contributed by atoms with E-state index in [1.165, 1.54) is 0 Å². The molecular formula is C22H23N5O2. The fourth-order valence-corrected chi connectivity index (χ4v) is 3.32. The van der Waals surface area contributed by atoms with Crippen LogP contribution >= 0.6 is 0 Å². The van der Waals surface area contributed by atoms with Crippen molar-refractivity contribution in [2.24, 2.45) is 0 Å². The Labute approximate surface area is 170 Å². The van der Waals surface area contributed by atoms with E-state index < -0.39 is 0 Å². The maximum atomic E-state index is 12.4. The minimum Gasteiger partial charge on any atom is -0.497 e. The second-order valence-corrected chi connectivity index (χ2v) is 6.75. The fourth-order valence-electron chi connectivity index (χ4n) is 3.32. The number of methoxy groups -OCH3 is 1. The molecule has 4 rings (SSSR count). The Morgan fingerprint density at radius 2 is 1.69 bits per heavy atom. The van der Waals surface area contributed by atoms with Crippen LogP contribution in [0.1, 0.15) is 10.4 Å². The van der Waals surface area contributed by atoms with Crippen LogP contribution in [-0.2, 0) is 0 Å². The number of hydrogen-bond donors (Lipinski definition) is 1. The summed E-state index contributed by atoms with van der Waals surface area (Å²) in [6.45, 7) is 3.54. The summed E-state index contributed by atoms with van der Waals surface area (Å²) in [5.74, 6) is 2.37. The number of carbonyl (C=O) groups excluding carboxylic acids is 1. The predicted octanol–water partition coefficient (Wildman–Crippen LogP) is 3.06. The smallest absolute Gasteiger partial charge is 0.255 e. The molecule has 0 atom stereocenters. The van der Waals surface area contributed by atoms with E-state index in [1.54, 1.807) is 37.6 Å². The molecule has 1 aromatic carbocycles. The number of rotatable bonds is 5. The van der Waals surface area contributed by atoms with Crippen molar-refractivity contribution in [3.63, 3.8) is 0 Å². The van der Waals surface area contributed by atoms with Crippen LogP contribution in [0.15, 0.2) is 67.0 Å². The molecule has 29 heavy (non-hydrogen) atoms. The van der Waals surface area contributed by atoms with E-state index in [9.17, 15) is 4.79 Å². The Morgan fingerprint density at radius 3 is 2.31 bits per heavy atom. The van der Waals surface area contributed by atoms with Crippen LogP contribution in [0, 0.1) is 0 Å². The van der Waals surface area contributed by atoms with Gasteiger partial charge in [-0.25, -0.2) is 9.97 Å². The number of piperazine rings is 1. The van der Waals surface area contributed by atoms with Gasteiger partial charge in [0.15, 0.2) is 0 Å². The van der Waals surface area contributed by atoms with E-state index in [-0.39, 0.29) is 5.91 Å². The molecule has 0 spiro atoms. The Bertz CT molecular complexity index is 954. The van der Waals surface area contributed by atoms with Gasteiger partial charge < -0.3 is 19.9 Å². The zero-order valence-electron chi connectivity index (χ0n) is 16.3. The van der Waals surface area contributed by atoms with Crippen LogP contribution in [-0.4, -0.2) is 49.2 Å². The number of amides is 1. The number of hydrogen-bond acceptors (Lipinski definition) is 6. The molecule has 1 N–H and O–H groups in total. The van der Waals surface area contributed by atoms with E-state index in [2.05, 4.69) is 25.1 Å². The van der Waals surface area contributed by atoms with Crippen molar-refractivity contribution in [2.75, 3.05) is 48.4 Å². The number of carbonyl (C=O) groups is 1. The molecule has 148 valence electrons. The van der Waals surface area contributed by atoms with Crippen molar-refractivity contribution in [1.29, 1.82) is 0 Å². The third-order valence-corrected chi connectivity index (χ3v) is 4.91. The van der Waals surface area contributed by atoms with Crippen LogP contribution in [0.2, 0.25) is 0 Å². The SMILES string of the molecule is COc1cccc(C(=O)Nc2ccc(N3CCN(c4ccccn4)CC3)nc2)c1. The summed E-state index contributed by atoms with van der Waals surface area (Å²) in [5, 5.41) is 2.88. The zero-order valence-corrected chi connectivity index (χ0v) is 16.3. The fraction of sp³-hybridized carbons (Fsp3) is 0.227. The van der Waals surface area contributed by atoms with Gasteiger partial charge in [-0.1, -0.05) is 12.1 Å². The molecule has 1 amide bonds. The van der Waals surface area contributed by atoms with E-state index in [4.69, 9.17) is 4.74 Å². The highest BCUT2D eigenvalue weighted by atomic mass is 16.5. The van der Waals surface area contributed by atoms with E-state index in [1.807, 2.05) is 36.5 Å². The van der Waals surface area contributed by atoms with Crippen molar-refractivity contribution in [2.45, 2.75) is 0 Å². The highest BCUT2D eigenvalue weighted by molar-refractivity contribution is 6.04. The topological polar surface area (TPSA) is 70.6 Å². The molecule has 7 heteroatoms. The highest BCUT2D eigenvalue weighted by Crippen LogP contribution is 2.19. The van der Waals surface area contributed by atoms with Gasteiger partial charge in [-0.3, -0.25) is 4.79 Å². The molecule has 1 aliphatic rings. The van der Waals surface area contributed by atoms with Crippen molar-refractivity contribution in [3.8, 4) is 5.75 Å².